The molecule has 0 bridgehead atoms. The molecule has 1 aromatic carbocycles. The van der Waals surface area contributed by atoms with E-state index in [1.165, 1.54) is 4.31 Å². The number of carbonyl (C=O) groups excluding carboxylic acids is 1. The highest BCUT2D eigenvalue weighted by atomic mass is 32.2. The molecule has 1 amide bonds. The summed E-state index contributed by atoms with van der Waals surface area (Å²) >= 11 is 0. The average molecular weight is 437 g/mol. The molecule has 0 spiro atoms. The molecule has 8 heteroatoms. The lowest BCUT2D eigenvalue weighted by molar-refractivity contribution is 0.0762. The van der Waals surface area contributed by atoms with E-state index in [4.69, 9.17) is 0 Å². The van der Waals surface area contributed by atoms with Crippen LogP contribution in [0.15, 0.2) is 23.1 Å². The number of benzene rings is 1. The summed E-state index contributed by atoms with van der Waals surface area (Å²) in [5, 5.41) is 0. The first-order valence-corrected chi connectivity index (χ1v) is 12.8. The van der Waals surface area contributed by atoms with Crippen LogP contribution in [0.4, 0.5) is 5.69 Å². The zero-order valence-corrected chi connectivity index (χ0v) is 19.5. The van der Waals surface area contributed by atoms with Crippen molar-refractivity contribution in [2.45, 2.75) is 44.9 Å². The number of hydrogen-bond donors (Lipinski definition) is 0. The van der Waals surface area contributed by atoms with Gasteiger partial charge in [-0.05, 0) is 50.6 Å². The van der Waals surface area contributed by atoms with Crippen LogP contribution in [0.5, 0.6) is 0 Å². The second-order valence-electron chi connectivity index (χ2n) is 8.04. The zero-order chi connectivity index (χ0) is 21.7. The Morgan fingerprint density at radius 2 is 1.63 bits per heavy atom. The van der Waals surface area contributed by atoms with Gasteiger partial charge in [0.25, 0.3) is 5.91 Å². The van der Waals surface area contributed by atoms with E-state index in [-0.39, 0.29) is 10.8 Å². The molecule has 2 saturated heterocycles. The van der Waals surface area contributed by atoms with Gasteiger partial charge >= 0.3 is 0 Å². The van der Waals surface area contributed by atoms with Crippen LogP contribution in [0.25, 0.3) is 0 Å². The van der Waals surface area contributed by atoms with Crippen molar-refractivity contribution in [1.82, 2.24) is 14.1 Å². The summed E-state index contributed by atoms with van der Waals surface area (Å²) in [6.45, 7) is 12.7. The van der Waals surface area contributed by atoms with Crippen molar-refractivity contribution in [1.29, 1.82) is 0 Å². The van der Waals surface area contributed by atoms with Crippen molar-refractivity contribution < 1.29 is 13.2 Å². The summed E-state index contributed by atoms with van der Waals surface area (Å²) in [4.78, 5) is 20.3. The molecule has 0 unspecified atom stereocenters. The fourth-order valence-corrected chi connectivity index (χ4v) is 5.94. The molecule has 0 aromatic heterocycles. The van der Waals surface area contributed by atoms with E-state index < -0.39 is 10.0 Å². The third-order valence-corrected chi connectivity index (χ3v) is 8.36. The molecule has 2 fully saturated rings. The molecule has 0 N–H and O–H groups in total. The number of likely N-dealkylation sites (N-methyl/N-ethyl adjacent to an activating group) is 1. The van der Waals surface area contributed by atoms with Gasteiger partial charge in [0.1, 0.15) is 0 Å². The molecule has 0 radical (unpaired) electrons. The number of hydrogen-bond acceptors (Lipinski definition) is 5. The van der Waals surface area contributed by atoms with Crippen LogP contribution in [0.1, 0.15) is 50.4 Å². The summed E-state index contributed by atoms with van der Waals surface area (Å²) in [6.07, 6.45) is 3.14. The largest absolute Gasteiger partial charge is 0.371 e. The maximum absolute atomic E-state index is 13.6. The van der Waals surface area contributed by atoms with Gasteiger partial charge in [-0.25, -0.2) is 8.42 Å². The van der Waals surface area contributed by atoms with E-state index in [1.54, 1.807) is 12.1 Å². The molecule has 0 aliphatic carbocycles. The molecule has 1 aromatic rings. The van der Waals surface area contributed by atoms with Gasteiger partial charge in [-0.1, -0.05) is 20.8 Å². The molecule has 7 nitrogen and oxygen atoms in total. The fraction of sp³-hybridized carbons (Fsp3) is 0.682. The van der Waals surface area contributed by atoms with Gasteiger partial charge in [0.2, 0.25) is 10.0 Å². The maximum atomic E-state index is 13.6. The Morgan fingerprint density at radius 1 is 0.933 bits per heavy atom. The number of sulfonamides is 1. The van der Waals surface area contributed by atoms with E-state index in [0.29, 0.717) is 31.7 Å². The normalized spacial score (nSPS) is 18.8. The summed E-state index contributed by atoms with van der Waals surface area (Å²) in [5.74, 6) is -0.0496. The molecule has 30 heavy (non-hydrogen) atoms. The van der Waals surface area contributed by atoms with Crippen LogP contribution in [-0.4, -0.2) is 87.3 Å². The molecule has 2 aliphatic heterocycles. The first kappa shape index (κ1) is 23.0. The molecule has 168 valence electrons. The monoisotopic (exact) mass is 436 g/mol. The Kier molecular flexibility index (Phi) is 7.76. The second kappa shape index (κ2) is 10.1. The minimum Gasteiger partial charge on any atom is -0.371 e. The lowest BCUT2D eigenvalue weighted by atomic mass is 10.1. The van der Waals surface area contributed by atoms with Gasteiger partial charge < -0.3 is 14.7 Å². The Labute approximate surface area is 181 Å². The van der Waals surface area contributed by atoms with Crippen LogP contribution in [0.2, 0.25) is 0 Å². The van der Waals surface area contributed by atoms with Crippen molar-refractivity contribution in [2.75, 3.05) is 63.8 Å². The SMILES string of the molecule is CCN1CCCN(C(=O)c2cc(S(=O)(=O)N(CC)CC)ccc2N2CCCC2)CC1. The van der Waals surface area contributed by atoms with Gasteiger partial charge in [0, 0.05) is 51.5 Å². The predicted octanol–water partition coefficient (Wildman–Crippen LogP) is 2.49. The number of anilines is 1. The minimum absolute atomic E-state index is 0.0496. The van der Waals surface area contributed by atoms with Crippen LogP contribution < -0.4 is 4.90 Å². The predicted molar refractivity (Wildman–Crippen MR) is 121 cm³/mol. The highest BCUT2D eigenvalue weighted by molar-refractivity contribution is 7.89. The standard InChI is InChI=1S/C22H36N4O3S/c1-4-23-12-9-15-25(17-16-23)22(27)20-18-19(30(28,29)26(5-2)6-3)10-11-21(20)24-13-7-8-14-24/h10-11,18H,4-9,12-17H2,1-3H3. The van der Waals surface area contributed by atoms with Gasteiger partial charge in [0.05, 0.1) is 10.5 Å². The van der Waals surface area contributed by atoms with Crippen LogP contribution in [0, 0.1) is 0 Å². The number of rotatable bonds is 7. The Bertz CT molecular complexity index is 833. The lowest BCUT2D eigenvalue weighted by Gasteiger charge is -2.27. The molecule has 0 saturated carbocycles. The van der Waals surface area contributed by atoms with E-state index in [2.05, 4.69) is 16.7 Å². The average Bonchev–Trinajstić information content (AvgIpc) is 3.18. The van der Waals surface area contributed by atoms with Crippen molar-refractivity contribution >= 4 is 21.6 Å². The van der Waals surface area contributed by atoms with Crippen molar-refractivity contribution in [3.8, 4) is 0 Å². The molecule has 0 atom stereocenters. The Balaban J connectivity index is 1.98. The topological polar surface area (TPSA) is 64.2 Å². The molecule has 2 heterocycles. The third-order valence-electron chi connectivity index (χ3n) is 6.31. The number of amides is 1. The lowest BCUT2D eigenvalue weighted by Crippen LogP contribution is -2.36. The van der Waals surface area contributed by atoms with Crippen molar-refractivity contribution in [2.24, 2.45) is 0 Å². The Morgan fingerprint density at radius 3 is 2.27 bits per heavy atom. The van der Waals surface area contributed by atoms with Gasteiger partial charge in [-0.2, -0.15) is 4.31 Å². The highest BCUT2D eigenvalue weighted by Crippen LogP contribution is 2.30. The first-order valence-electron chi connectivity index (χ1n) is 11.3. The van der Waals surface area contributed by atoms with Crippen molar-refractivity contribution in [3.05, 3.63) is 23.8 Å². The maximum Gasteiger partial charge on any atom is 0.256 e. The first-order chi connectivity index (χ1) is 14.4. The van der Waals surface area contributed by atoms with Crippen LogP contribution >= 0.6 is 0 Å². The molecule has 3 rings (SSSR count). The molecule has 2 aliphatic rings. The van der Waals surface area contributed by atoms with Crippen molar-refractivity contribution in [3.63, 3.8) is 0 Å². The smallest absolute Gasteiger partial charge is 0.256 e. The highest BCUT2D eigenvalue weighted by Gasteiger charge is 2.29. The second-order valence-corrected chi connectivity index (χ2v) is 9.98. The number of nitrogens with zero attached hydrogens (tertiary/aromatic N) is 4. The Hall–Kier alpha value is -1.64. The van der Waals surface area contributed by atoms with Crippen LogP contribution in [-0.2, 0) is 10.0 Å². The van der Waals surface area contributed by atoms with Gasteiger partial charge in [0.15, 0.2) is 0 Å². The van der Waals surface area contributed by atoms with E-state index in [0.717, 1.165) is 57.7 Å². The zero-order valence-electron chi connectivity index (χ0n) is 18.6. The minimum atomic E-state index is -3.61. The number of carbonyl (C=O) groups is 1. The third kappa shape index (κ3) is 4.81. The van der Waals surface area contributed by atoms with E-state index in [1.807, 2.05) is 24.8 Å². The summed E-state index contributed by atoms with van der Waals surface area (Å²) < 4.78 is 27.6. The summed E-state index contributed by atoms with van der Waals surface area (Å²) in [6, 6.07) is 5.12. The van der Waals surface area contributed by atoms with Gasteiger partial charge in [-0.3, -0.25) is 4.79 Å². The molecular weight excluding hydrogens is 400 g/mol. The summed E-state index contributed by atoms with van der Waals surface area (Å²) in [7, 11) is -3.61. The van der Waals surface area contributed by atoms with Crippen LogP contribution in [0.3, 0.4) is 0 Å². The fourth-order valence-electron chi connectivity index (χ4n) is 4.45. The summed E-state index contributed by atoms with van der Waals surface area (Å²) in [5.41, 5.74) is 1.39. The quantitative estimate of drug-likeness (QED) is 0.657. The van der Waals surface area contributed by atoms with Gasteiger partial charge in [-0.15, -0.1) is 0 Å². The van der Waals surface area contributed by atoms with E-state index >= 15 is 0 Å². The molecular formula is C22H36N4O3S. The van der Waals surface area contributed by atoms with E-state index in [9.17, 15) is 13.2 Å².